The summed E-state index contributed by atoms with van der Waals surface area (Å²) in [6.45, 7) is 5.48. The lowest BCUT2D eigenvalue weighted by Gasteiger charge is -2.30. The Morgan fingerprint density at radius 1 is 1.73 bits per heavy atom. The zero-order valence-corrected chi connectivity index (χ0v) is 7.56. The molecule has 1 heterocycles. The third kappa shape index (κ3) is 2.31. The van der Waals surface area contributed by atoms with Crippen molar-refractivity contribution in [2.24, 2.45) is 5.41 Å². The predicted molar refractivity (Wildman–Crippen MR) is 45.4 cm³/mol. The number of carbonyl (C=O) groups is 1. The van der Waals surface area contributed by atoms with Gasteiger partial charge >= 0.3 is 0 Å². The summed E-state index contributed by atoms with van der Waals surface area (Å²) in [4.78, 5) is 10.4. The standard InChI is InChI=1S/C8H12ClNO/c1-8(2)3-7(5-11)4-10(9)6-8/h3,5H,4,6H2,1-2H3. The Labute approximate surface area is 71.9 Å². The van der Waals surface area contributed by atoms with Crippen LogP contribution < -0.4 is 0 Å². The van der Waals surface area contributed by atoms with Gasteiger partial charge in [-0.05, 0) is 17.2 Å². The fourth-order valence-electron chi connectivity index (χ4n) is 1.36. The summed E-state index contributed by atoms with van der Waals surface area (Å²) in [5, 5.41) is 0. The SMILES string of the molecule is CC1(C)C=C(C=O)CN(Cl)C1. The average Bonchev–Trinajstić information content (AvgIpc) is 1.83. The maximum atomic E-state index is 10.4. The molecule has 0 bridgehead atoms. The van der Waals surface area contributed by atoms with Gasteiger partial charge in [0.15, 0.2) is 0 Å². The Kier molecular flexibility index (Phi) is 2.35. The van der Waals surface area contributed by atoms with Gasteiger partial charge in [0.1, 0.15) is 6.29 Å². The molecular formula is C8H12ClNO. The maximum absolute atomic E-state index is 10.4. The Balaban J connectivity index is 2.81. The molecule has 0 saturated heterocycles. The molecule has 0 unspecified atom stereocenters. The average molecular weight is 174 g/mol. The van der Waals surface area contributed by atoms with Gasteiger partial charge in [0.05, 0.1) is 0 Å². The second kappa shape index (κ2) is 2.95. The summed E-state index contributed by atoms with van der Waals surface area (Å²) < 4.78 is 1.64. The van der Waals surface area contributed by atoms with Gasteiger partial charge < -0.3 is 0 Å². The highest BCUT2D eigenvalue weighted by molar-refractivity contribution is 6.13. The lowest BCUT2D eigenvalue weighted by molar-refractivity contribution is -0.105. The van der Waals surface area contributed by atoms with Crippen LogP contribution in [0.4, 0.5) is 0 Å². The summed E-state index contributed by atoms with van der Waals surface area (Å²) in [5.74, 6) is 0. The van der Waals surface area contributed by atoms with E-state index in [0.717, 1.165) is 18.4 Å². The number of nitrogens with zero attached hydrogens (tertiary/aromatic N) is 1. The highest BCUT2D eigenvalue weighted by atomic mass is 35.5. The fourth-order valence-corrected chi connectivity index (χ4v) is 1.81. The van der Waals surface area contributed by atoms with Gasteiger partial charge in [0.25, 0.3) is 0 Å². The van der Waals surface area contributed by atoms with Crippen LogP contribution >= 0.6 is 11.8 Å². The molecule has 1 aliphatic heterocycles. The third-order valence-electron chi connectivity index (χ3n) is 1.66. The Bertz CT molecular complexity index is 198. The van der Waals surface area contributed by atoms with E-state index >= 15 is 0 Å². The highest BCUT2D eigenvalue weighted by Crippen LogP contribution is 2.26. The molecule has 0 aliphatic carbocycles. The van der Waals surface area contributed by atoms with Crippen molar-refractivity contribution in [2.45, 2.75) is 13.8 Å². The van der Waals surface area contributed by atoms with E-state index in [-0.39, 0.29) is 5.41 Å². The van der Waals surface area contributed by atoms with Gasteiger partial charge in [-0.25, -0.2) is 4.42 Å². The van der Waals surface area contributed by atoms with Crippen LogP contribution in [-0.4, -0.2) is 23.8 Å². The van der Waals surface area contributed by atoms with Crippen LogP contribution in [0.1, 0.15) is 13.8 Å². The Morgan fingerprint density at radius 3 is 2.82 bits per heavy atom. The van der Waals surface area contributed by atoms with Crippen molar-refractivity contribution in [3.05, 3.63) is 11.6 Å². The monoisotopic (exact) mass is 173 g/mol. The molecule has 0 N–H and O–H groups in total. The van der Waals surface area contributed by atoms with Crippen LogP contribution in [-0.2, 0) is 4.79 Å². The van der Waals surface area contributed by atoms with E-state index in [1.807, 2.05) is 6.08 Å². The van der Waals surface area contributed by atoms with E-state index < -0.39 is 0 Å². The fraction of sp³-hybridized carbons (Fsp3) is 0.625. The first-order valence-electron chi connectivity index (χ1n) is 3.61. The lowest BCUT2D eigenvalue weighted by Crippen LogP contribution is -2.33. The summed E-state index contributed by atoms with van der Waals surface area (Å²) in [5.41, 5.74) is 0.798. The van der Waals surface area contributed by atoms with Gasteiger partial charge in [-0.1, -0.05) is 19.9 Å². The minimum atomic E-state index is 0.0241. The van der Waals surface area contributed by atoms with Crippen LogP contribution in [0.15, 0.2) is 11.6 Å². The first-order chi connectivity index (χ1) is 5.03. The minimum absolute atomic E-state index is 0.0241. The van der Waals surface area contributed by atoms with E-state index in [2.05, 4.69) is 13.8 Å². The lowest BCUT2D eigenvalue weighted by atomic mass is 9.88. The Morgan fingerprint density at radius 2 is 2.36 bits per heavy atom. The van der Waals surface area contributed by atoms with E-state index in [4.69, 9.17) is 11.8 Å². The molecule has 62 valence electrons. The van der Waals surface area contributed by atoms with E-state index in [1.165, 1.54) is 0 Å². The quantitative estimate of drug-likeness (QED) is 0.444. The van der Waals surface area contributed by atoms with Crippen molar-refractivity contribution in [1.29, 1.82) is 0 Å². The number of halogens is 1. The largest absolute Gasteiger partial charge is 0.298 e. The van der Waals surface area contributed by atoms with Crippen molar-refractivity contribution in [2.75, 3.05) is 13.1 Å². The summed E-state index contributed by atoms with van der Waals surface area (Å²) >= 11 is 5.81. The molecule has 0 aromatic heterocycles. The molecule has 0 amide bonds. The van der Waals surface area contributed by atoms with Crippen LogP contribution in [0, 0.1) is 5.41 Å². The number of aldehydes is 1. The van der Waals surface area contributed by atoms with Crippen molar-refractivity contribution in [3.63, 3.8) is 0 Å². The molecule has 0 aromatic rings. The normalized spacial score (nSPS) is 24.5. The summed E-state index contributed by atoms with van der Waals surface area (Å²) in [6, 6.07) is 0. The highest BCUT2D eigenvalue weighted by Gasteiger charge is 2.24. The summed E-state index contributed by atoms with van der Waals surface area (Å²) in [6.07, 6.45) is 2.86. The molecule has 0 spiro atoms. The van der Waals surface area contributed by atoms with Crippen LogP contribution in [0.2, 0.25) is 0 Å². The van der Waals surface area contributed by atoms with Gasteiger partial charge in [-0.15, -0.1) is 0 Å². The van der Waals surface area contributed by atoms with E-state index in [9.17, 15) is 4.79 Å². The van der Waals surface area contributed by atoms with Gasteiger partial charge in [0, 0.05) is 18.7 Å². The molecular weight excluding hydrogens is 162 g/mol. The zero-order valence-electron chi connectivity index (χ0n) is 6.80. The number of hydrogen-bond donors (Lipinski definition) is 0. The molecule has 0 radical (unpaired) electrons. The molecule has 0 aromatic carbocycles. The molecule has 3 heteroatoms. The van der Waals surface area contributed by atoms with E-state index in [1.54, 1.807) is 4.42 Å². The maximum Gasteiger partial charge on any atom is 0.147 e. The van der Waals surface area contributed by atoms with Crippen molar-refractivity contribution in [3.8, 4) is 0 Å². The topological polar surface area (TPSA) is 20.3 Å². The third-order valence-corrected chi connectivity index (χ3v) is 1.90. The second-order valence-electron chi connectivity index (χ2n) is 3.60. The van der Waals surface area contributed by atoms with Crippen molar-refractivity contribution < 1.29 is 4.79 Å². The molecule has 1 rings (SSSR count). The second-order valence-corrected chi connectivity index (χ2v) is 4.08. The van der Waals surface area contributed by atoms with Crippen LogP contribution in [0.3, 0.4) is 0 Å². The van der Waals surface area contributed by atoms with E-state index in [0.29, 0.717) is 6.54 Å². The molecule has 0 atom stereocenters. The first-order valence-corrected chi connectivity index (χ1v) is 3.95. The number of hydrogen-bond acceptors (Lipinski definition) is 2. The van der Waals surface area contributed by atoms with Gasteiger partial charge in [-0.2, -0.15) is 0 Å². The number of rotatable bonds is 1. The van der Waals surface area contributed by atoms with Crippen molar-refractivity contribution in [1.82, 2.24) is 4.42 Å². The smallest absolute Gasteiger partial charge is 0.147 e. The van der Waals surface area contributed by atoms with Crippen LogP contribution in [0.25, 0.3) is 0 Å². The summed E-state index contributed by atoms with van der Waals surface area (Å²) in [7, 11) is 0. The predicted octanol–water partition coefficient (Wildman–Crippen LogP) is 1.61. The van der Waals surface area contributed by atoms with Crippen molar-refractivity contribution >= 4 is 18.1 Å². The Hall–Kier alpha value is -0.340. The molecule has 0 fully saturated rings. The zero-order chi connectivity index (χ0) is 8.48. The number of carbonyl (C=O) groups excluding carboxylic acids is 1. The first kappa shape index (κ1) is 8.75. The van der Waals surface area contributed by atoms with Crippen LogP contribution in [0.5, 0.6) is 0 Å². The molecule has 2 nitrogen and oxygen atoms in total. The molecule has 0 saturated carbocycles. The molecule has 11 heavy (non-hydrogen) atoms. The van der Waals surface area contributed by atoms with Gasteiger partial charge in [-0.3, -0.25) is 4.79 Å². The van der Waals surface area contributed by atoms with Gasteiger partial charge in [0.2, 0.25) is 0 Å². The minimum Gasteiger partial charge on any atom is -0.298 e. The molecule has 1 aliphatic rings.